The Morgan fingerprint density at radius 2 is 2.00 bits per heavy atom. The molecule has 110 valence electrons. The summed E-state index contributed by atoms with van der Waals surface area (Å²) in [5, 5.41) is 7.43. The summed E-state index contributed by atoms with van der Waals surface area (Å²) in [6.07, 6.45) is 0. The number of thiophene rings is 1. The van der Waals surface area contributed by atoms with Crippen molar-refractivity contribution in [2.45, 2.75) is 13.0 Å². The zero-order valence-electron chi connectivity index (χ0n) is 11.4. The summed E-state index contributed by atoms with van der Waals surface area (Å²) in [6, 6.07) is 10.9. The summed E-state index contributed by atoms with van der Waals surface area (Å²) < 4.78 is 0.704. The third kappa shape index (κ3) is 4.41. The first kappa shape index (κ1) is 15.7. The zero-order valence-corrected chi connectivity index (χ0v) is 13.8. The molecule has 4 nitrogen and oxygen atoms in total. The summed E-state index contributed by atoms with van der Waals surface area (Å²) in [6.45, 7) is 1.87. The van der Waals surface area contributed by atoms with Crippen LogP contribution in [0.15, 0.2) is 46.3 Å². The van der Waals surface area contributed by atoms with Crippen molar-refractivity contribution in [1.82, 2.24) is 10.6 Å². The Balaban J connectivity index is 1.84. The Labute approximate surface area is 135 Å². The van der Waals surface area contributed by atoms with Gasteiger partial charge in [-0.3, -0.25) is 9.59 Å². The van der Waals surface area contributed by atoms with E-state index in [0.717, 1.165) is 4.88 Å². The van der Waals surface area contributed by atoms with Gasteiger partial charge in [0.25, 0.3) is 5.91 Å². The van der Waals surface area contributed by atoms with Gasteiger partial charge < -0.3 is 10.6 Å². The standard InChI is InChI=1S/C15H15BrN2O2S/c1-10(13-7-4-8-21-13)18-14(19)9-17-15(20)11-5-2-3-6-12(11)16/h2-8,10H,9H2,1H3,(H,17,20)(H,18,19)/t10-/m1/s1. The predicted octanol–water partition coefficient (Wildman–Crippen LogP) is 3.12. The maximum Gasteiger partial charge on any atom is 0.252 e. The van der Waals surface area contributed by atoms with Crippen LogP contribution in [-0.2, 0) is 4.79 Å². The molecule has 0 spiro atoms. The lowest BCUT2D eigenvalue weighted by molar-refractivity contribution is -0.120. The van der Waals surface area contributed by atoms with E-state index in [-0.39, 0.29) is 24.4 Å². The molecule has 1 atom stereocenters. The van der Waals surface area contributed by atoms with Crippen LogP contribution in [0.2, 0.25) is 0 Å². The number of amides is 2. The molecule has 0 aliphatic rings. The molecule has 0 saturated heterocycles. The van der Waals surface area contributed by atoms with Crippen LogP contribution < -0.4 is 10.6 Å². The zero-order chi connectivity index (χ0) is 15.2. The summed E-state index contributed by atoms with van der Waals surface area (Å²) >= 11 is 4.90. The summed E-state index contributed by atoms with van der Waals surface area (Å²) in [5.74, 6) is -0.488. The quantitative estimate of drug-likeness (QED) is 0.853. The molecule has 2 amide bonds. The van der Waals surface area contributed by atoms with Gasteiger partial charge in [0.2, 0.25) is 5.91 Å². The monoisotopic (exact) mass is 366 g/mol. The minimum atomic E-state index is -0.276. The van der Waals surface area contributed by atoms with Gasteiger partial charge in [-0.25, -0.2) is 0 Å². The van der Waals surface area contributed by atoms with E-state index in [0.29, 0.717) is 10.0 Å². The van der Waals surface area contributed by atoms with E-state index in [2.05, 4.69) is 26.6 Å². The van der Waals surface area contributed by atoms with Gasteiger partial charge in [-0.2, -0.15) is 0 Å². The Kier molecular flexibility index (Phi) is 5.52. The Morgan fingerprint density at radius 1 is 1.24 bits per heavy atom. The number of halogens is 1. The van der Waals surface area contributed by atoms with Crippen LogP contribution in [0.25, 0.3) is 0 Å². The average Bonchev–Trinajstić information content (AvgIpc) is 2.99. The van der Waals surface area contributed by atoms with Crippen molar-refractivity contribution in [2.75, 3.05) is 6.54 Å². The van der Waals surface area contributed by atoms with E-state index < -0.39 is 0 Å². The molecule has 0 aliphatic heterocycles. The molecule has 0 radical (unpaired) electrons. The molecule has 0 aliphatic carbocycles. The fraction of sp³-hybridized carbons (Fsp3) is 0.200. The van der Waals surface area contributed by atoms with Gasteiger partial charge in [0.05, 0.1) is 18.2 Å². The number of benzene rings is 1. The number of nitrogens with one attached hydrogen (secondary N) is 2. The van der Waals surface area contributed by atoms with Crippen LogP contribution >= 0.6 is 27.3 Å². The van der Waals surface area contributed by atoms with Gasteiger partial charge in [0.15, 0.2) is 0 Å². The molecular weight excluding hydrogens is 352 g/mol. The summed E-state index contributed by atoms with van der Waals surface area (Å²) in [7, 11) is 0. The van der Waals surface area contributed by atoms with Crippen molar-refractivity contribution in [1.29, 1.82) is 0 Å². The van der Waals surface area contributed by atoms with Gasteiger partial charge in [-0.05, 0) is 46.4 Å². The van der Waals surface area contributed by atoms with Crippen molar-refractivity contribution in [3.05, 3.63) is 56.7 Å². The normalized spacial score (nSPS) is 11.7. The Bertz CT molecular complexity index is 628. The number of hydrogen-bond acceptors (Lipinski definition) is 3. The minimum absolute atomic E-state index is 0.0458. The molecule has 1 aromatic carbocycles. The molecular formula is C15H15BrN2O2S. The molecule has 2 aromatic rings. The van der Waals surface area contributed by atoms with Gasteiger partial charge in [-0.1, -0.05) is 18.2 Å². The topological polar surface area (TPSA) is 58.2 Å². The van der Waals surface area contributed by atoms with Crippen LogP contribution in [0.5, 0.6) is 0 Å². The summed E-state index contributed by atoms with van der Waals surface area (Å²) in [5.41, 5.74) is 0.511. The van der Waals surface area contributed by atoms with Crippen molar-refractivity contribution >= 4 is 39.1 Å². The molecule has 1 heterocycles. The number of rotatable bonds is 5. The third-order valence-electron chi connectivity index (χ3n) is 2.88. The van der Waals surface area contributed by atoms with E-state index in [1.54, 1.807) is 29.5 Å². The predicted molar refractivity (Wildman–Crippen MR) is 87.4 cm³/mol. The highest BCUT2D eigenvalue weighted by Crippen LogP contribution is 2.18. The molecule has 0 bridgehead atoms. The second-order valence-corrected chi connectivity index (χ2v) is 6.30. The number of carbonyl (C=O) groups is 2. The van der Waals surface area contributed by atoms with Gasteiger partial charge >= 0.3 is 0 Å². The van der Waals surface area contributed by atoms with Gasteiger partial charge in [-0.15, -0.1) is 11.3 Å². The van der Waals surface area contributed by atoms with Crippen LogP contribution in [-0.4, -0.2) is 18.4 Å². The SMILES string of the molecule is C[C@@H](NC(=O)CNC(=O)c1ccccc1Br)c1cccs1. The highest BCUT2D eigenvalue weighted by Gasteiger charge is 2.13. The van der Waals surface area contributed by atoms with Crippen LogP contribution in [0.4, 0.5) is 0 Å². The first-order valence-corrected chi connectivity index (χ1v) is 8.10. The van der Waals surface area contributed by atoms with Crippen molar-refractivity contribution in [3.8, 4) is 0 Å². The lowest BCUT2D eigenvalue weighted by Crippen LogP contribution is -2.37. The Morgan fingerprint density at radius 3 is 2.67 bits per heavy atom. The molecule has 2 rings (SSSR count). The smallest absolute Gasteiger partial charge is 0.252 e. The molecule has 0 fully saturated rings. The molecule has 2 N–H and O–H groups in total. The van der Waals surface area contributed by atoms with Crippen LogP contribution in [0.1, 0.15) is 28.2 Å². The minimum Gasteiger partial charge on any atom is -0.347 e. The fourth-order valence-corrected chi connectivity index (χ4v) is 3.00. The van der Waals surface area contributed by atoms with Crippen molar-refractivity contribution in [3.63, 3.8) is 0 Å². The van der Waals surface area contributed by atoms with E-state index >= 15 is 0 Å². The molecule has 0 unspecified atom stereocenters. The molecule has 0 saturated carbocycles. The van der Waals surface area contributed by atoms with Crippen molar-refractivity contribution < 1.29 is 9.59 Å². The highest BCUT2D eigenvalue weighted by molar-refractivity contribution is 9.10. The third-order valence-corrected chi connectivity index (χ3v) is 4.62. The molecule has 6 heteroatoms. The lowest BCUT2D eigenvalue weighted by Gasteiger charge is -2.13. The largest absolute Gasteiger partial charge is 0.347 e. The molecule has 1 aromatic heterocycles. The molecule has 21 heavy (non-hydrogen) atoms. The second-order valence-electron chi connectivity index (χ2n) is 4.47. The maximum atomic E-state index is 12.0. The average molecular weight is 367 g/mol. The lowest BCUT2D eigenvalue weighted by atomic mass is 10.2. The Hall–Kier alpha value is -1.66. The van der Waals surface area contributed by atoms with E-state index in [9.17, 15) is 9.59 Å². The van der Waals surface area contributed by atoms with Gasteiger partial charge in [0.1, 0.15) is 0 Å². The van der Waals surface area contributed by atoms with E-state index in [1.807, 2.05) is 30.5 Å². The maximum absolute atomic E-state index is 12.0. The van der Waals surface area contributed by atoms with Crippen LogP contribution in [0, 0.1) is 0 Å². The summed E-state index contributed by atoms with van der Waals surface area (Å²) in [4.78, 5) is 24.9. The van der Waals surface area contributed by atoms with Crippen molar-refractivity contribution in [2.24, 2.45) is 0 Å². The number of hydrogen-bond donors (Lipinski definition) is 2. The first-order valence-electron chi connectivity index (χ1n) is 6.43. The second kappa shape index (κ2) is 7.38. The number of carbonyl (C=O) groups excluding carboxylic acids is 2. The van der Waals surface area contributed by atoms with E-state index in [1.165, 1.54) is 0 Å². The van der Waals surface area contributed by atoms with E-state index in [4.69, 9.17) is 0 Å². The highest BCUT2D eigenvalue weighted by atomic mass is 79.9. The van der Waals surface area contributed by atoms with Crippen LogP contribution in [0.3, 0.4) is 0 Å². The van der Waals surface area contributed by atoms with Gasteiger partial charge in [0, 0.05) is 9.35 Å². The fourth-order valence-electron chi connectivity index (χ4n) is 1.80. The first-order chi connectivity index (χ1) is 10.1.